The Hall–Kier alpha value is -4.29. The van der Waals surface area contributed by atoms with E-state index in [4.69, 9.17) is 10.7 Å². The molecule has 2 aliphatic rings. The van der Waals surface area contributed by atoms with E-state index in [1.165, 1.54) is 0 Å². The molecule has 0 spiro atoms. The Balaban J connectivity index is 1.57. The van der Waals surface area contributed by atoms with Gasteiger partial charge >= 0.3 is 0 Å². The maximum Gasteiger partial charge on any atom is 0.154 e. The van der Waals surface area contributed by atoms with E-state index in [2.05, 4.69) is 40.0 Å². The molecule has 1 aliphatic heterocycles. The van der Waals surface area contributed by atoms with Gasteiger partial charge in [0.25, 0.3) is 0 Å². The molecule has 37 heavy (non-hydrogen) atoms. The Kier molecular flexibility index (Phi) is 4.81. The van der Waals surface area contributed by atoms with Gasteiger partial charge in [0, 0.05) is 34.0 Å². The first-order chi connectivity index (χ1) is 18.0. The largest absolute Gasteiger partial charge is 0.338 e. The fourth-order valence-corrected chi connectivity index (χ4v) is 5.61. The Bertz CT molecular complexity index is 1680. The first kappa shape index (κ1) is 21.9. The van der Waals surface area contributed by atoms with Crippen LogP contribution in [0.2, 0.25) is 0 Å². The summed E-state index contributed by atoms with van der Waals surface area (Å²) in [6.07, 6.45) is 4.41. The van der Waals surface area contributed by atoms with Crippen molar-refractivity contribution >= 4 is 11.5 Å². The van der Waals surface area contributed by atoms with Gasteiger partial charge in [-0.05, 0) is 62.1 Å². The van der Waals surface area contributed by atoms with Gasteiger partial charge in [0.15, 0.2) is 5.82 Å². The van der Waals surface area contributed by atoms with Crippen molar-refractivity contribution in [3.63, 3.8) is 0 Å². The van der Waals surface area contributed by atoms with Crippen molar-refractivity contribution < 1.29 is 4.39 Å². The zero-order chi connectivity index (χ0) is 25.1. The van der Waals surface area contributed by atoms with Gasteiger partial charge in [-0.1, -0.05) is 48.5 Å². The molecule has 0 amide bonds. The number of fused-ring (bicyclic) bond motifs is 5. The molecule has 3 N–H and O–H groups in total. The van der Waals surface area contributed by atoms with E-state index in [-0.39, 0.29) is 5.82 Å². The summed E-state index contributed by atoms with van der Waals surface area (Å²) in [4.78, 5) is 9.88. The van der Waals surface area contributed by atoms with Crippen molar-refractivity contribution in [2.75, 3.05) is 5.32 Å². The van der Waals surface area contributed by atoms with Gasteiger partial charge in [-0.2, -0.15) is 0 Å². The zero-order valence-corrected chi connectivity index (χ0v) is 20.5. The second-order valence-corrected chi connectivity index (χ2v) is 10.0. The summed E-state index contributed by atoms with van der Waals surface area (Å²) in [7, 11) is 0. The fourth-order valence-electron chi connectivity index (χ4n) is 5.61. The number of pyridine rings is 1. The van der Waals surface area contributed by atoms with E-state index in [0.717, 1.165) is 75.9 Å². The van der Waals surface area contributed by atoms with E-state index >= 15 is 4.39 Å². The molecule has 7 rings (SSSR count). The van der Waals surface area contributed by atoms with Gasteiger partial charge in [-0.25, -0.2) is 14.4 Å². The summed E-state index contributed by atoms with van der Waals surface area (Å²) >= 11 is 0. The number of nitrogens with two attached hydrogens (primary N) is 1. The first-order valence-electron chi connectivity index (χ1n) is 12.6. The third kappa shape index (κ3) is 3.33. The van der Waals surface area contributed by atoms with Crippen LogP contribution in [0, 0.1) is 12.7 Å². The molecule has 3 aromatic carbocycles. The molecule has 0 unspecified atom stereocenters. The van der Waals surface area contributed by atoms with Crippen molar-refractivity contribution in [1.82, 2.24) is 14.5 Å². The number of aryl methyl sites for hydroxylation is 1. The Morgan fingerprint density at radius 3 is 2.49 bits per heavy atom. The van der Waals surface area contributed by atoms with Gasteiger partial charge in [-0.15, -0.1) is 0 Å². The lowest BCUT2D eigenvalue weighted by molar-refractivity contribution is 0.245. The van der Waals surface area contributed by atoms with Gasteiger partial charge in [-0.3, -0.25) is 4.57 Å². The highest BCUT2D eigenvalue weighted by Gasteiger charge is 2.37. The summed E-state index contributed by atoms with van der Waals surface area (Å²) in [6.45, 7) is 2.08. The summed E-state index contributed by atoms with van der Waals surface area (Å²) in [5.41, 5.74) is 13.7. The van der Waals surface area contributed by atoms with Crippen LogP contribution in [-0.4, -0.2) is 14.5 Å². The monoisotopic (exact) mass is 487 g/mol. The number of hydrogen-bond acceptors (Lipinski definition) is 4. The minimum absolute atomic E-state index is 0.274. The van der Waals surface area contributed by atoms with Crippen LogP contribution in [0.25, 0.3) is 39.6 Å². The predicted molar refractivity (Wildman–Crippen MR) is 145 cm³/mol. The Morgan fingerprint density at radius 1 is 0.946 bits per heavy atom. The SMILES string of the molecule is Cc1ccccc1-c1nc2n(c1-c1ccc(C3(N)CCC3)c(F)c1)-c1cccnc1Nc1ccccc1-2. The zero-order valence-electron chi connectivity index (χ0n) is 20.5. The number of nitrogens with zero attached hydrogens (tertiary/aromatic N) is 3. The molecule has 1 aliphatic carbocycles. The standard InChI is InChI=1S/C31H26FN5/c1-19-8-2-3-9-21(19)27-28(20-13-14-23(24(32)18-20)31(33)15-7-16-31)37-26-12-6-17-34-29(26)35-25-11-5-4-10-22(25)30(37)36-27/h2-6,8-14,17-18H,7,15-16,33H2,1H3,(H,34,35). The Morgan fingerprint density at radius 2 is 1.73 bits per heavy atom. The van der Waals surface area contributed by atoms with Gasteiger partial charge < -0.3 is 11.1 Å². The van der Waals surface area contributed by atoms with Crippen LogP contribution in [0.3, 0.4) is 0 Å². The topological polar surface area (TPSA) is 68.8 Å². The van der Waals surface area contributed by atoms with Crippen molar-refractivity contribution in [3.05, 3.63) is 102 Å². The third-order valence-corrected chi connectivity index (χ3v) is 7.75. The lowest BCUT2D eigenvalue weighted by atomic mass is 9.72. The van der Waals surface area contributed by atoms with Crippen molar-refractivity contribution in [1.29, 1.82) is 0 Å². The number of nitrogens with one attached hydrogen (secondary N) is 1. The maximum atomic E-state index is 15.7. The van der Waals surface area contributed by atoms with Crippen molar-refractivity contribution in [3.8, 4) is 39.6 Å². The molecule has 1 fully saturated rings. The molecular formula is C31H26FN5. The van der Waals surface area contributed by atoms with E-state index in [0.29, 0.717) is 5.56 Å². The molecule has 3 heterocycles. The second kappa shape index (κ2) is 8.11. The molecule has 0 atom stereocenters. The van der Waals surface area contributed by atoms with Crippen LogP contribution in [0.5, 0.6) is 0 Å². The number of benzene rings is 3. The molecule has 182 valence electrons. The van der Waals surface area contributed by atoms with Crippen LogP contribution in [-0.2, 0) is 5.54 Å². The smallest absolute Gasteiger partial charge is 0.154 e. The number of hydrogen-bond donors (Lipinski definition) is 2. The first-order valence-corrected chi connectivity index (χ1v) is 12.6. The van der Waals surface area contributed by atoms with Crippen LogP contribution < -0.4 is 11.1 Å². The quantitative estimate of drug-likeness (QED) is 0.279. The lowest BCUT2D eigenvalue weighted by Gasteiger charge is -2.38. The molecule has 6 heteroatoms. The van der Waals surface area contributed by atoms with E-state index in [9.17, 15) is 0 Å². The summed E-state index contributed by atoms with van der Waals surface area (Å²) in [5.74, 6) is 1.22. The Labute approximate surface area is 214 Å². The number of anilines is 2. The molecule has 0 bridgehead atoms. The minimum Gasteiger partial charge on any atom is -0.338 e. The number of aromatic nitrogens is 3. The number of imidazole rings is 1. The molecule has 0 radical (unpaired) electrons. The minimum atomic E-state index is -0.574. The van der Waals surface area contributed by atoms with Crippen LogP contribution >= 0.6 is 0 Å². The second-order valence-electron chi connectivity index (χ2n) is 10.0. The molecular weight excluding hydrogens is 461 g/mol. The third-order valence-electron chi connectivity index (χ3n) is 7.75. The van der Waals surface area contributed by atoms with Crippen LogP contribution in [0.1, 0.15) is 30.4 Å². The normalized spacial score (nSPS) is 15.0. The lowest BCUT2D eigenvalue weighted by Crippen LogP contribution is -2.44. The summed E-state index contributed by atoms with van der Waals surface area (Å²) in [5, 5.41) is 3.48. The van der Waals surface area contributed by atoms with Gasteiger partial charge in [0.2, 0.25) is 0 Å². The number of halogens is 1. The highest BCUT2D eigenvalue weighted by Crippen LogP contribution is 2.46. The van der Waals surface area contributed by atoms with Crippen molar-refractivity contribution in [2.24, 2.45) is 5.73 Å². The maximum absolute atomic E-state index is 15.7. The van der Waals surface area contributed by atoms with Crippen LogP contribution in [0.4, 0.5) is 15.9 Å². The average molecular weight is 488 g/mol. The predicted octanol–water partition coefficient (Wildman–Crippen LogP) is 7.11. The number of para-hydroxylation sites is 1. The molecule has 1 saturated carbocycles. The van der Waals surface area contributed by atoms with E-state index < -0.39 is 5.54 Å². The molecule has 0 saturated heterocycles. The van der Waals surface area contributed by atoms with Crippen molar-refractivity contribution in [2.45, 2.75) is 31.7 Å². The summed E-state index contributed by atoms with van der Waals surface area (Å²) < 4.78 is 17.8. The highest BCUT2D eigenvalue weighted by atomic mass is 19.1. The molecule has 2 aromatic heterocycles. The average Bonchev–Trinajstić information content (AvgIpc) is 3.22. The fraction of sp³-hybridized carbons (Fsp3) is 0.161. The van der Waals surface area contributed by atoms with Gasteiger partial charge in [0.1, 0.15) is 11.6 Å². The molecule has 5 nitrogen and oxygen atoms in total. The molecule has 5 aromatic rings. The number of rotatable bonds is 3. The highest BCUT2D eigenvalue weighted by molar-refractivity contribution is 5.91. The van der Waals surface area contributed by atoms with E-state index in [1.807, 2.05) is 54.6 Å². The van der Waals surface area contributed by atoms with Gasteiger partial charge in [0.05, 0.1) is 22.8 Å². The van der Waals surface area contributed by atoms with Crippen LogP contribution in [0.15, 0.2) is 85.1 Å². The van der Waals surface area contributed by atoms with E-state index in [1.54, 1.807) is 12.3 Å². The summed E-state index contributed by atoms with van der Waals surface area (Å²) in [6, 6.07) is 25.7.